The zero-order valence-corrected chi connectivity index (χ0v) is 11.3. The summed E-state index contributed by atoms with van der Waals surface area (Å²) >= 11 is 1.89. The Labute approximate surface area is 111 Å². The molecule has 94 valence electrons. The van der Waals surface area contributed by atoms with Gasteiger partial charge in [0, 0.05) is 29.7 Å². The molecule has 0 bridgehead atoms. The maximum Gasteiger partial charge on any atom is 0.193 e. The lowest BCUT2D eigenvalue weighted by Crippen LogP contribution is -2.36. The van der Waals surface area contributed by atoms with Gasteiger partial charge in [-0.1, -0.05) is 18.2 Å². The van der Waals surface area contributed by atoms with Gasteiger partial charge in [0.25, 0.3) is 0 Å². The maximum absolute atomic E-state index is 4.43. The number of benzene rings is 1. The molecule has 0 saturated heterocycles. The van der Waals surface area contributed by atoms with Crippen LogP contribution in [0.2, 0.25) is 0 Å². The number of thiophene rings is 1. The Bertz CT molecular complexity index is 540. The summed E-state index contributed by atoms with van der Waals surface area (Å²) in [5.41, 5.74) is 0. The second-order valence-electron chi connectivity index (χ2n) is 4.55. The van der Waals surface area contributed by atoms with E-state index in [1.54, 1.807) is 0 Å². The Morgan fingerprint density at radius 2 is 2.28 bits per heavy atom. The fourth-order valence-corrected chi connectivity index (χ4v) is 3.24. The summed E-state index contributed by atoms with van der Waals surface area (Å²) in [6, 6.07) is 10.9. The third-order valence-corrected chi connectivity index (χ3v) is 4.37. The fourth-order valence-electron chi connectivity index (χ4n) is 2.18. The highest BCUT2D eigenvalue weighted by atomic mass is 32.1. The van der Waals surface area contributed by atoms with Gasteiger partial charge in [0.15, 0.2) is 5.96 Å². The van der Waals surface area contributed by atoms with Crippen LogP contribution in [0.1, 0.15) is 4.88 Å². The molecule has 4 heteroatoms. The van der Waals surface area contributed by atoms with Crippen LogP contribution in [0.25, 0.3) is 10.1 Å². The van der Waals surface area contributed by atoms with E-state index >= 15 is 0 Å². The summed E-state index contributed by atoms with van der Waals surface area (Å²) in [5.74, 6) is 1.04. The lowest BCUT2D eigenvalue weighted by Gasteiger charge is -2.14. The minimum Gasteiger partial charge on any atom is -0.356 e. The van der Waals surface area contributed by atoms with Crippen LogP contribution in [0.3, 0.4) is 0 Å². The van der Waals surface area contributed by atoms with Crippen molar-refractivity contribution in [3.05, 3.63) is 35.2 Å². The normalized spacial score (nSPS) is 15.2. The number of nitrogens with one attached hydrogen (secondary N) is 1. The summed E-state index contributed by atoms with van der Waals surface area (Å²) in [5, 5.41) is 4.76. The van der Waals surface area contributed by atoms with Crippen LogP contribution in [0.4, 0.5) is 0 Å². The van der Waals surface area contributed by atoms with Crippen molar-refractivity contribution in [2.45, 2.75) is 6.42 Å². The number of hydrogen-bond donors (Lipinski definition) is 1. The zero-order chi connectivity index (χ0) is 12.4. The first-order chi connectivity index (χ1) is 8.83. The first-order valence-electron chi connectivity index (χ1n) is 6.30. The van der Waals surface area contributed by atoms with Crippen molar-refractivity contribution < 1.29 is 0 Å². The van der Waals surface area contributed by atoms with Crippen LogP contribution >= 0.6 is 11.3 Å². The van der Waals surface area contributed by atoms with Gasteiger partial charge in [0.05, 0.1) is 6.54 Å². The summed E-state index contributed by atoms with van der Waals surface area (Å²) < 4.78 is 1.38. The van der Waals surface area contributed by atoms with Crippen molar-refractivity contribution in [2.24, 2.45) is 4.99 Å². The number of likely N-dealkylation sites (N-methyl/N-ethyl adjacent to an activating group) is 1. The van der Waals surface area contributed by atoms with Crippen molar-refractivity contribution >= 4 is 27.4 Å². The average molecular weight is 259 g/mol. The van der Waals surface area contributed by atoms with E-state index in [0.717, 1.165) is 32.0 Å². The van der Waals surface area contributed by atoms with Gasteiger partial charge in [-0.3, -0.25) is 4.99 Å². The van der Waals surface area contributed by atoms with Gasteiger partial charge >= 0.3 is 0 Å². The number of aliphatic imine (C=N–C) groups is 1. The molecular weight excluding hydrogens is 242 g/mol. The molecule has 3 nitrogen and oxygen atoms in total. The highest BCUT2D eigenvalue weighted by Gasteiger charge is 2.11. The molecule has 2 aromatic rings. The van der Waals surface area contributed by atoms with Gasteiger partial charge < -0.3 is 10.2 Å². The van der Waals surface area contributed by atoms with Crippen LogP contribution < -0.4 is 5.32 Å². The lowest BCUT2D eigenvalue weighted by atomic mass is 10.2. The molecule has 0 unspecified atom stereocenters. The second-order valence-corrected chi connectivity index (χ2v) is 5.72. The van der Waals surface area contributed by atoms with Gasteiger partial charge in [0.2, 0.25) is 0 Å². The molecule has 18 heavy (non-hydrogen) atoms. The number of hydrogen-bond acceptors (Lipinski definition) is 4. The van der Waals surface area contributed by atoms with Crippen molar-refractivity contribution in [3.63, 3.8) is 0 Å². The molecule has 3 rings (SSSR count). The molecule has 0 aliphatic carbocycles. The van der Waals surface area contributed by atoms with Crippen molar-refractivity contribution in [2.75, 3.05) is 26.7 Å². The van der Waals surface area contributed by atoms with Gasteiger partial charge in [-0.25, -0.2) is 0 Å². The van der Waals surface area contributed by atoms with Crippen molar-refractivity contribution in [1.82, 2.24) is 10.2 Å². The molecule has 0 spiro atoms. The minimum absolute atomic E-state index is 0.918. The summed E-state index contributed by atoms with van der Waals surface area (Å²) in [7, 11) is 2.08. The van der Waals surface area contributed by atoms with Gasteiger partial charge in [-0.2, -0.15) is 0 Å². The van der Waals surface area contributed by atoms with Gasteiger partial charge in [0.1, 0.15) is 0 Å². The molecule has 2 heterocycles. The molecule has 0 fully saturated rings. The van der Waals surface area contributed by atoms with Crippen LogP contribution in [0, 0.1) is 0 Å². The van der Waals surface area contributed by atoms with Gasteiger partial charge in [-0.15, -0.1) is 11.3 Å². The minimum atomic E-state index is 0.918. The van der Waals surface area contributed by atoms with Crippen molar-refractivity contribution in [1.29, 1.82) is 0 Å². The third-order valence-electron chi connectivity index (χ3n) is 3.19. The smallest absolute Gasteiger partial charge is 0.193 e. The molecule has 0 saturated carbocycles. The standard InChI is InChI=1S/C14H17N3S/c1-17-9-8-16-14(17)15-7-6-12-10-11-4-2-3-5-13(11)18-12/h2-5,10H,6-9H2,1H3,(H,15,16). The number of nitrogens with zero attached hydrogens (tertiary/aromatic N) is 2. The molecule has 0 amide bonds. The lowest BCUT2D eigenvalue weighted by molar-refractivity contribution is 0.534. The quantitative estimate of drug-likeness (QED) is 0.916. The summed E-state index contributed by atoms with van der Waals surface area (Å²) in [6.07, 6.45) is 1.06. The molecule has 0 radical (unpaired) electrons. The van der Waals surface area contributed by atoms with Crippen LogP contribution in [0.15, 0.2) is 35.3 Å². The predicted molar refractivity (Wildman–Crippen MR) is 78.5 cm³/mol. The highest BCUT2D eigenvalue weighted by molar-refractivity contribution is 7.19. The number of guanidine groups is 1. The molecule has 1 aliphatic heterocycles. The molecule has 0 atom stereocenters. The third kappa shape index (κ3) is 2.34. The van der Waals surface area contributed by atoms with E-state index in [0.29, 0.717) is 0 Å². The van der Waals surface area contributed by atoms with E-state index in [4.69, 9.17) is 0 Å². The Morgan fingerprint density at radius 1 is 1.39 bits per heavy atom. The topological polar surface area (TPSA) is 27.6 Å². The fraction of sp³-hybridized carbons (Fsp3) is 0.357. The molecule has 1 aromatic heterocycles. The van der Waals surface area contributed by atoms with E-state index in [1.807, 2.05) is 11.3 Å². The SMILES string of the molecule is CN1CCN=C1NCCc1cc2ccccc2s1. The van der Waals surface area contributed by atoms with Gasteiger partial charge in [-0.05, 0) is 23.9 Å². The van der Waals surface area contributed by atoms with E-state index in [1.165, 1.54) is 15.0 Å². The Hall–Kier alpha value is -1.55. The second kappa shape index (κ2) is 4.98. The number of fused-ring (bicyclic) bond motifs is 1. The first-order valence-corrected chi connectivity index (χ1v) is 7.11. The largest absolute Gasteiger partial charge is 0.356 e. The predicted octanol–water partition coefficient (Wildman–Crippen LogP) is 2.33. The average Bonchev–Trinajstić information content (AvgIpc) is 2.96. The highest BCUT2D eigenvalue weighted by Crippen LogP contribution is 2.25. The Kier molecular flexibility index (Phi) is 3.19. The van der Waals surface area contributed by atoms with Crippen LogP contribution in [0.5, 0.6) is 0 Å². The molecule has 1 aromatic carbocycles. The first kappa shape index (κ1) is 11.5. The zero-order valence-electron chi connectivity index (χ0n) is 10.5. The Morgan fingerprint density at radius 3 is 3.06 bits per heavy atom. The maximum atomic E-state index is 4.43. The molecular formula is C14H17N3S. The van der Waals surface area contributed by atoms with E-state index in [2.05, 4.69) is 52.6 Å². The molecule has 1 aliphatic rings. The van der Waals surface area contributed by atoms with E-state index in [9.17, 15) is 0 Å². The van der Waals surface area contributed by atoms with E-state index < -0.39 is 0 Å². The summed E-state index contributed by atoms with van der Waals surface area (Å²) in [6.45, 7) is 2.91. The van der Waals surface area contributed by atoms with E-state index in [-0.39, 0.29) is 0 Å². The van der Waals surface area contributed by atoms with Crippen molar-refractivity contribution in [3.8, 4) is 0 Å². The Balaban J connectivity index is 1.60. The number of rotatable bonds is 3. The monoisotopic (exact) mass is 259 g/mol. The molecule has 1 N–H and O–H groups in total. The summed E-state index contributed by atoms with van der Waals surface area (Å²) in [4.78, 5) is 8.03. The van der Waals surface area contributed by atoms with Crippen LogP contribution in [-0.4, -0.2) is 37.5 Å². The van der Waals surface area contributed by atoms with Crippen LogP contribution in [-0.2, 0) is 6.42 Å².